The molecular weight excluding hydrogens is 292 g/mol. The highest BCUT2D eigenvalue weighted by atomic mass is 16.4. The topological polar surface area (TPSA) is 69.6 Å². The van der Waals surface area contributed by atoms with Gasteiger partial charge in [0.1, 0.15) is 0 Å². The van der Waals surface area contributed by atoms with Crippen molar-refractivity contribution in [3.05, 3.63) is 48.0 Å². The Balaban J connectivity index is 1.68. The van der Waals surface area contributed by atoms with E-state index in [1.54, 1.807) is 0 Å². The summed E-state index contributed by atoms with van der Waals surface area (Å²) in [6.45, 7) is 0.712. The number of hydrogen-bond donors (Lipinski definition) is 2. The van der Waals surface area contributed by atoms with Gasteiger partial charge in [0.15, 0.2) is 0 Å². The van der Waals surface area contributed by atoms with E-state index >= 15 is 0 Å². The minimum atomic E-state index is -0.905. The number of carbonyl (C=O) groups excluding carboxylic acids is 1. The fourth-order valence-corrected chi connectivity index (χ4v) is 2.66. The molecule has 0 aliphatic heterocycles. The van der Waals surface area contributed by atoms with Gasteiger partial charge in [-0.3, -0.25) is 4.79 Å². The van der Waals surface area contributed by atoms with E-state index in [0.717, 1.165) is 23.8 Å². The molecule has 0 radical (unpaired) electrons. The molecule has 2 aromatic rings. The molecule has 2 N–H and O–H groups in total. The highest BCUT2D eigenvalue weighted by molar-refractivity contribution is 5.83. The van der Waals surface area contributed by atoms with Gasteiger partial charge in [0.05, 0.1) is 6.42 Å². The molecule has 2 aromatic carbocycles. The molecule has 2 amide bonds. The van der Waals surface area contributed by atoms with Crippen molar-refractivity contribution in [1.29, 1.82) is 0 Å². The SMILES string of the molecule is O=C(O)CCNC(=O)N(Cc1ccc2ccccc2c1)C1CC1. The molecule has 5 nitrogen and oxygen atoms in total. The maximum Gasteiger partial charge on any atom is 0.317 e. The quantitative estimate of drug-likeness (QED) is 0.861. The Morgan fingerprint density at radius 1 is 1.13 bits per heavy atom. The number of nitrogens with zero attached hydrogens (tertiary/aromatic N) is 1. The number of benzene rings is 2. The Morgan fingerprint density at radius 3 is 2.57 bits per heavy atom. The van der Waals surface area contributed by atoms with E-state index in [0.29, 0.717) is 6.54 Å². The molecule has 3 rings (SSSR count). The van der Waals surface area contributed by atoms with Gasteiger partial charge in [0.2, 0.25) is 0 Å². The number of rotatable bonds is 6. The normalized spacial score (nSPS) is 13.7. The van der Waals surface area contributed by atoms with Crippen molar-refractivity contribution in [2.75, 3.05) is 6.54 Å². The standard InChI is InChI=1S/C18H20N2O3/c21-17(22)9-10-19-18(23)20(16-7-8-16)12-13-5-6-14-3-1-2-4-15(14)11-13/h1-6,11,16H,7-10,12H2,(H,19,23)(H,21,22). The van der Waals surface area contributed by atoms with Gasteiger partial charge < -0.3 is 15.3 Å². The van der Waals surface area contributed by atoms with Crippen molar-refractivity contribution in [2.45, 2.75) is 31.8 Å². The number of amides is 2. The van der Waals surface area contributed by atoms with E-state index in [9.17, 15) is 9.59 Å². The summed E-state index contributed by atoms with van der Waals surface area (Å²) in [7, 11) is 0. The number of nitrogens with one attached hydrogen (secondary N) is 1. The van der Waals surface area contributed by atoms with E-state index in [1.807, 2.05) is 23.1 Å². The van der Waals surface area contributed by atoms with Gasteiger partial charge in [-0.25, -0.2) is 4.79 Å². The summed E-state index contributed by atoms with van der Waals surface area (Å²) in [6, 6.07) is 14.4. The zero-order valence-electron chi connectivity index (χ0n) is 12.9. The Morgan fingerprint density at radius 2 is 1.87 bits per heavy atom. The average Bonchev–Trinajstić information content (AvgIpc) is 3.36. The third-order valence-corrected chi connectivity index (χ3v) is 4.03. The number of urea groups is 1. The Bertz CT molecular complexity index is 725. The highest BCUT2D eigenvalue weighted by Gasteiger charge is 2.32. The third kappa shape index (κ3) is 4.00. The minimum absolute atomic E-state index is 0.0553. The fraction of sp³-hybridized carbons (Fsp3) is 0.333. The predicted molar refractivity (Wildman–Crippen MR) is 88.2 cm³/mol. The van der Waals surface area contributed by atoms with Crippen molar-refractivity contribution >= 4 is 22.8 Å². The number of carboxylic acids is 1. The van der Waals surface area contributed by atoms with E-state index in [4.69, 9.17) is 5.11 Å². The highest BCUT2D eigenvalue weighted by Crippen LogP contribution is 2.29. The number of hydrogen-bond acceptors (Lipinski definition) is 2. The van der Waals surface area contributed by atoms with Crippen molar-refractivity contribution < 1.29 is 14.7 Å². The first kappa shape index (κ1) is 15.3. The smallest absolute Gasteiger partial charge is 0.317 e. The number of carboxylic acid groups (broad SMARTS) is 1. The molecule has 0 aromatic heterocycles. The van der Waals surface area contributed by atoms with Crippen molar-refractivity contribution in [3.8, 4) is 0 Å². The maximum absolute atomic E-state index is 12.3. The summed E-state index contributed by atoms with van der Waals surface area (Å²) in [5.74, 6) is -0.905. The molecule has 5 heteroatoms. The molecule has 1 aliphatic rings. The second-order valence-corrected chi connectivity index (χ2v) is 5.92. The summed E-state index contributed by atoms with van der Waals surface area (Å²) in [5, 5.41) is 13.7. The second-order valence-electron chi connectivity index (χ2n) is 5.92. The van der Waals surface area contributed by atoms with Gasteiger partial charge in [0.25, 0.3) is 0 Å². The predicted octanol–water partition coefficient (Wildman–Crippen LogP) is 2.99. The third-order valence-electron chi connectivity index (χ3n) is 4.03. The summed E-state index contributed by atoms with van der Waals surface area (Å²) in [5.41, 5.74) is 1.09. The van der Waals surface area contributed by atoms with Crippen LogP contribution in [0.2, 0.25) is 0 Å². The van der Waals surface area contributed by atoms with Crippen LogP contribution in [0.3, 0.4) is 0 Å². The van der Waals surface area contributed by atoms with E-state index in [1.165, 1.54) is 5.39 Å². The molecule has 1 aliphatic carbocycles. The summed E-state index contributed by atoms with van der Waals surface area (Å²) < 4.78 is 0. The monoisotopic (exact) mass is 312 g/mol. The molecular formula is C18H20N2O3. The Hall–Kier alpha value is -2.56. The van der Waals surface area contributed by atoms with Crippen LogP contribution in [0.4, 0.5) is 4.79 Å². The molecule has 0 atom stereocenters. The molecule has 0 bridgehead atoms. The van der Waals surface area contributed by atoms with Crippen LogP contribution >= 0.6 is 0 Å². The minimum Gasteiger partial charge on any atom is -0.481 e. The van der Waals surface area contributed by atoms with E-state index in [2.05, 4.69) is 29.6 Å². The molecule has 23 heavy (non-hydrogen) atoms. The van der Waals surface area contributed by atoms with Crippen molar-refractivity contribution in [3.63, 3.8) is 0 Å². The van der Waals surface area contributed by atoms with Gasteiger partial charge >= 0.3 is 12.0 Å². The lowest BCUT2D eigenvalue weighted by Crippen LogP contribution is -2.41. The lowest BCUT2D eigenvalue weighted by molar-refractivity contribution is -0.136. The molecule has 0 unspecified atom stereocenters. The first-order valence-electron chi connectivity index (χ1n) is 7.87. The first-order chi connectivity index (χ1) is 11.1. The lowest BCUT2D eigenvalue weighted by atomic mass is 10.1. The van der Waals surface area contributed by atoms with Crippen LogP contribution in [0.5, 0.6) is 0 Å². The van der Waals surface area contributed by atoms with Crippen LogP contribution in [0.1, 0.15) is 24.8 Å². The number of aliphatic carboxylic acids is 1. The average molecular weight is 312 g/mol. The molecule has 120 valence electrons. The molecule has 1 saturated carbocycles. The van der Waals surface area contributed by atoms with Gasteiger partial charge in [-0.05, 0) is 35.2 Å². The van der Waals surface area contributed by atoms with E-state index in [-0.39, 0.29) is 25.0 Å². The van der Waals surface area contributed by atoms with Crippen LogP contribution in [0.25, 0.3) is 10.8 Å². The molecule has 1 fully saturated rings. The largest absolute Gasteiger partial charge is 0.481 e. The molecule has 0 saturated heterocycles. The van der Waals surface area contributed by atoms with Gasteiger partial charge in [-0.1, -0.05) is 36.4 Å². The van der Waals surface area contributed by atoms with Crippen LogP contribution < -0.4 is 5.32 Å². The zero-order chi connectivity index (χ0) is 16.2. The maximum atomic E-state index is 12.3. The van der Waals surface area contributed by atoms with Crippen LogP contribution in [0, 0.1) is 0 Å². The number of fused-ring (bicyclic) bond motifs is 1. The van der Waals surface area contributed by atoms with Crippen molar-refractivity contribution in [1.82, 2.24) is 10.2 Å². The second kappa shape index (κ2) is 6.69. The van der Waals surface area contributed by atoms with E-state index < -0.39 is 5.97 Å². The molecule has 0 spiro atoms. The van der Waals surface area contributed by atoms with Gasteiger partial charge in [-0.2, -0.15) is 0 Å². The van der Waals surface area contributed by atoms with Crippen LogP contribution in [-0.4, -0.2) is 34.6 Å². The molecule has 0 heterocycles. The Kier molecular flexibility index (Phi) is 4.46. The number of carbonyl (C=O) groups is 2. The Labute approximate surface area is 134 Å². The van der Waals surface area contributed by atoms with Crippen molar-refractivity contribution in [2.24, 2.45) is 0 Å². The van der Waals surface area contributed by atoms with Crippen LogP contribution in [0.15, 0.2) is 42.5 Å². The van der Waals surface area contributed by atoms with Crippen LogP contribution in [-0.2, 0) is 11.3 Å². The van der Waals surface area contributed by atoms with Gasteiger partial charge in [-0.15, -0.1) is 0 Å². The fourth-order valence-electron chi connectivity index (χ4n) is 2.66. The first-order valence-corrected chi connectivity index (χ1v) is 7.87. The summed E-state index contributed by atoms with van der Waals surface area (Å²) in [4.78, 5) is 24.7. The lowest BCUT2D eigenvalue weighted by Gasteiger charge is -2.23. The summed E-state index contributed by atoms with van der Waals surface area (Å²) in [6.07, 6.45) is 1.97. The summed E-state index contributed by atoms with van der Waals surface area (Å²) >= 11 is 0. The zero-order valence-corrected chi connectivity index (χ0v) is 12.9. The van der Waals surface area contributed by atoms with Gasteiger partial charge in [0, 0.05) is 19.1 Å².